The second kappa shape index (κ2) is 7.43. The minimum atomic E-state index is -1.24. The quantitative estimate of drug-likeness (QED) is 0.603. The molecule has 2 aliphatic heterocycles. The van der Waals surface area contributed by atoms with Crippen molar-refractivity contribution in [2.45, 2.75) is 39.4 Å². The number of carboxylic acids is 1. The SMILES string of the molecule is CC(C)(CN1C(=O)[C@@H]2Cc3c(n(Cc4ccc(F)cc4)c4ccccc34)CN2C1=O)C(=O)O. The standard InChI is InChI=1S/C25H24FN3O4/c1-25(2,23(31)32)14-29-22(30)20-11-18-17-5-3-4-6-19(17)27(21(18)13-28(20)24(29)33)12-15-7-9-16(26)10-8-15/h3-10,20H,11-14H2,1-2H3,(H,31,32)/t20-/m0/s1. The number of aliphatic carboxylic acids is 1. The van der Waals surface area contributed by atoms with Crippen molar-refractivity contribution in [1.82, 2.24) is 14.4 Å². The molecule has 1 fully saturated rings. The van der Waals surface area contributed by atoms with Gasteiger partial charge in [0, 0.05) is 36.1 Å². The number of carbonyl (C=O) groups is 3. The van der Waals surface area contributed by atoms with Crippen LogP contribution in [0, 0.1) is 11.2 Å². The van der Waals surface area contributed by atoms with Gasteiger partial charge in [-0.25, -0.2) is 9.18 Å². The van der Waals surface area contributed by atoms with Gasteiger partial charge in [-0.05, 0) is 43.2 Å². The van der Waals surface area contributed by atoms with Gasteiger partial charge in [-0.2, -0.15) is 0 Å². The number of amides is 3. The van der Waals surface area contributed by atoms with Gasteiger partial charge >= 0.3 is 12.0 Å². The molecule has 2 aliphatic rings. The van der Waals surface area contributed by atoms with E-state index in [1.165, 1.54) is 26.0 Å². The van der Waals surface area contributed by atoms with Crippen LogP contribution in [0.5, 0.6) is 0 Å². The van der Waals surface area contributed by atoms with E-state index in [1.807, 2.05) is 24.3 Å². The summed E-state index contributed by atoms with van der Waals surface area (Å²) in [6.45, 7) is 3.60. The number of nitrogens with zero attached hydrogens (tertiary/aromatic N) is 3. The summed E-state index contributed by atoms with van der Waals surface area (Å²) in [5.41, 5.74) is 2.65. The van der Waals surface area contributed by atoms with E-state index in [9.17, 15) is 23.9 Å². The van der Waals surface area contributed by atoms with Crippen LogP contribution in [0.2, 0.25) is 0 Å². The Bertz CT molecular complexity index is 1290. The predicted octanol–water partition coefficient (Wildman–Crippen LogP) is 3.63. The number of hydrogen-bond acceptors (Lipinski definition) is 3. The third-order valence-corrected chi connectivity index (χ3v) is 6.70. The molecule has 5 rings (SSSR count). The molecule has 0 bridgehead atoms. The molecule has 7 nitrogen and oxygen atoms in total. The molecule has 2 aromatic carbocycles. The number of para-hydroxylation sites is 1. The Kier molecular flexibility index (Phi) is 4.77. The Morgan fingerprint density at radius 3 is 2.52 bits per heavy atom. The summed E-state index contributed by atoms with van der Waals surface area (Å²) < 4.78 is 15.5. The summed E-state index contributed by atoms with van der Waals surface area (Å²) in [5, 5.41) is 10.5. The van der Waals surface area contributed by atoms with E-state index in [0.29, 0.717) is 13.0 Å². The first-order valence-corrected chi connectivity index (χ1v) is 10.9. The number of rotatable bonds is 5. The summed E-state index contributed by atoms with van der Waals surface area (Å²) in [6.07, 6.45) is 0.376. The molecule has 3 aromatic rings. The fourth-order valence-electron chi connectivity index (χ4n) is 4.82. The highest BCUT2D eigenvalue weighted by atomic mass is 19.1. The zero-order valence-corrected chi connectivity index (χ0v) is 18.4. The second-order valence-electron chi connectivity index (χ2n) is 9.40. The van der Waals surface area contributed by atoms with Gasteiger partial charge < -0.3 is 14.6 Å². The topological polar surface area (TPSA) is 82.9 Å². The van der Waals surface area contributed by atoms with Crippen LogP contribution in [0.1, 0.15) is 30.7 Å². The van der Waals surface area contributed by atoms with Crippen molar-refractivity contribution in [3.8, 4) is 0 Å². The molecule has 1 N–H and O–H groups in total. The zero-order valence-electron chi connectivity index (χ0n) is 18.4. The highest BCUT2D eigenvalue weighted by molar-refractivity contribution is 6.05. The molecule has 0 spiro atoms. The summed E-state index contributed by atoms with van der Waals surface area (Å²) in [4.78, 5) is 40.5. The maximum atomic E-state index is 13.4. The third kappa shape index (κ3) is 3.37. The molecular formula is C25H24FN3O4. The van der Waals surface area contributed by atoms with Crippen molar-refractivity contribution in [1.29, 1.82) is 0 Å². The van der Waals surface area contributed by atoms with Crippen LogP contribution in [-0.4, -0.2) is 50.0 Å². The average Bonchev–Trinajstić information content (AvgIpc) is 3.21. The smallest absolute Gasteiger partial charge is 0.327 e. The van der Waals surface area contributed by atoms with E-state index < -0.39 is 23.5 Å². The van der Waals surface area contributed by atoms with Crippen molar-refractivity contribution in [2.24, 2.45) is 5.41 Å². The highest BCUT2D eigenvalue weighted by Crippen LogP contribution is 2.37. The number of halogens is 1. The van der Waals surface area contributed by atoms with E-state index in [2.05, 4.69) is 4.57 Å². The molecule has 1 atom stereocenters. The lowest BCUT2D eigenvalue weighted by Crippen LogP contribution is -2.43. The van der Waals surface area contributed by atoms with Gasteiger partial charge in [0.15, 0.2) is 0 Å². The fourth-order valence-corrected chi connectivity index (χ4v) is 4.82. The van der Waals surface area contributed by atoms with Crippen LogP contribution >= 0.6 is 0 Å². The van der Waals surface area contributed by atoms with Crippen LogP contribution in [0.15, 0.2) is 48.5 Å². The van der Waals surface area contributed by atoms with Crippen LogP contribution in [-0.2, 0) is 29.1 Å². The molecule has 8 heteroatoms. The monoisotopic (exact) mass is 449 g/mol. The number of hydrogen-bond donors (Lipinski definition) is 1. The molecule has 1 aromatic heterocycles. The Morgan fingerprint density at radius 2 is 1.82 bits per heavy atom. The minimum absolute atomic E-state index is 0.173. The molecule has 0 unspecified atom stereocenters. The zero-order chi connectivity index (χ0) is 23.5. The van der Waals surface area contributed by atoms with E-state index >= 15 is 0 Å². The van der Waals surface area contributed by atoms with Crippen molar-refractivity contribution in [3.63, 3.8) is 0 Å². The Morgan fingerprint density at radius 1 is 1.12 bits per heavy atom. The maximum absolute atomic E-state index is 13.4. The van der Waals surface area contributed by atoms with Gasteiger partial charge in [0.2, 0.25) is 0 Å². The number of urea groups is 1. The number of imide groups is 1. The molecule has 0 aliphatic carbocycles. The van der Waals surface area contributed by atoms with Crippen molar-refractivity contribution in [2.75, 3.05) is 6.54 Å². The summed E-state index contributed by atoms with van der Waals surface area (Å²) in [7, 11) is 0. The third-order valence-electron chi connectivity index (χ3n) is 6.70. The van der Waals surface area contributed by atoms with Crippen LogP contribution in [0.4, 0.5) is 9.18 Å². The van der Waals surface area contributed by atoms with Gasteiger partial charge in [0.05, 0.1) is 12.0 Å². The van der Waals surface area contributed by atoms with Crippen molar-refractivity contribution < 1.29 is 23.9 Å². The van der Waals surface area contributed by atoms with Gasteiger partial charge in [0.1, 0.15) is 11.9 Å². The lowest BCUT2D eigenvalue weighted by Gasteiger charge is -2.28. The van der Waals surface area contributed by atoms with Crippen LogP contribution in [0.3, 0.4) is 0 Å². The van der Waals surface area contributed by atoms with E-state index in [1.54, 1.807) is 17.0 Å². The average molecular weight is 449 g/mol. The number of carboxylic acid groups (broad SMARTS) is 1. The molecule has 1 saturated heterocycles. The van der Waals surface area contributed by atoms with Gasteiger partial charge in [0.25, 0.3) is 5.91 Å². The Balaban J connectivity index is 1.53. The first-order chi connectivity index (χ1) is 15.7. The lowest BCUT2D eigenvalue weighted by atomic mass is 9.93. The second-order valence-corrected chi connectivity index (χ2v) is 9.40. The Hall–Kier alpha value is -3.68. The first-order valence-electron chi connectivity index (χ1n) is 10.9. The number of benzene rings is 2. The first kappa shape index (κ1) is 21.2. The summed E-state index contributed by atoms with van der Waals surface area (Å²) in [5.74, 6) is -1.71. The lowest BCUT2D eigenvalue weighted by molar-refractivity contribution is -0.148. The van der Waals surface area contributed by atoms with E-state index in [-0.39, 0.29) is 24.8 Å². The predicted molar refractivity (Wildman–Crippen MR) is 119 cm³/mol. The van der Waals surface area contributed by atoms with Crippen LogP contribution < -0.4 is 0 Å². The summed E-state index contributed by atoms with van der Waals surface area (Å²) >= 11 is 0. The number of aromatic nitrogens is 1. The van der Waals surface area contributed by atoms with Gasteiger partial charge in [-0.1, -0.05) is 30.3 Å². The van der Waals surface area contributed by atoms with Crippen molar-refractivity contribution in [3.05, 3.63) is 71.2 Å². The normalized spacial score (nSPS) is 18.1. The molecule has 33 heavy (non-hydrogen) atoms. The van der Waals surface area contributed by atoms with E-state index in [0.717, 1.165) is 32.6 Å². The molecule has 3 amide bonds. The summed E-state index contributed by atoms with van der Waals surface area (Å²) in [6, 6.07) is 13.1. The molecule has 170 valence electrons. The number of carbonyl (C=O) groups excluding carboxylic acids is 2. The molecule has 0 saturated carbocycles. The minimum Gasteiger partial charge on any atom is -0.481 e. The maximum Gasteiger partial charge on any atom is 0.327 e. The van der Waals surface area contributed by atoms with Gasteiger partial charge in [-0.15, -0.1) is 0 Å². The molecule has 3 heterocycles. The Labute approximate surface area is 190 Å². The largest absolute Gasteiger partial charge is 0.481 e. The highest BCUT2D eigenvalue weighted by Gasteiger charge is 2.50. The molecule has 0 radical (unpaired) electrons. The van der Waals surface area contributed by atoms with Gasteiger partial charge in [-0.3, -0.25) is 14.5 Å². The number of fused-ring (bicyclic) bond motifs is 4. The van der Waals surface area contributed by atoms with Crippen molar-refractivity contribution >= 4 is 28.8 Å². The van der Waals surface area contributed by atoms with E-state index in [4.69, 9.17) is 0 Å². The van der Waals surface area contributed by atoms with Crippen LogP contribution in [0.25, 0.3) is 10.9 Å². The molecular weight excluding hydrogens is 425 g/mol. The fraction of sp³-hybridized carbons (Fsp3) is 0.320.